The van der Waals surface area contributed by atoms with Gasteiger partial charge in [0.1, 0.15) is 5.76 Å². The summed E-state index contributed by atoms with van der Waals surface area (Å²) in [5, 5.41) is 3.27. The lowest BCUT2D eigenvalue weighted by Crippen LogP contribution is -2.28. The number of rotatable bonds is 6. The molecule has 0 aromatic carbocycles. The molecule has 0 spiro atoms. The van der Waals surface area contributed by atoms with Gasteiger partial charge in [-0.25, -0.2) is 4.98 Å². The first kappa shape index (κ1) is 10.2. The Hall–Kier alpha value is -0.870. The van der Waals surface area contributed by atoms with Crippen LogP contribution in [-0.4, -0.2) is 36.6 Å². The maximum absolute atomic E-state index is 5.14. The van der Waals surface area contributed by atoms with Crippen LogP contribution in [0.5, 0.6) is 0 Å². The summed E-state index contributed by atoms with van der Waals surface area (Å²) in [4.78, 5) is 6.06. The highest BCUT2D eigenvalue weighted by Crippen LogP contribution is 1.99. The molecule has 0 aliphatic rings. The molecule has 1 aromatic heterocycles. The standard InChI is InChI=1S/C9H17N3O/c1-3-10-4-5-12(2)7-9-6-11-8-13-9/h6,8,10H,3-5,7H2,1-2H3. The van der Waals surface area contributed by atoms with Gasteiger partial charge in [0.05, 0.1) is 12.7 Å². The molecule has 4 nitrogen and oxygen atoms in total. The molecule has 0 fully saturated rings. The molecule has 0 atom stereocenters. The summed E-state index contributed by atoms with van der Waals surface area (Å²) in [5.41, 5.74) is 0. The van der Waals surface area contributed by atoms with Crippen LogP contribution in [-0.2, 0) is 6.54 Å². The Bertz CT molecular complexity index is 211. The van der Waals surface area contributed by atoms with Crippen molar-refractivity contribution in [2.45, 2.75) is 13.5 Å². The van der Waals surface area contributed by atoms with E-state index in [-0.39, 0.29) is 0 Å². The highest BCUT2D eigenvalue weighted by molar-refractivity contribution is 4.87. The smallest absolute Gasteiger partial charge is 0.180 e. The van der Waals surface area contributed by atoms with Crippen molar-refractivity contribution in [2.24, 2.45) is 0 Å². The Morgan fingerprint density at radius 1 is 1.62 bits per heavy atom. The lowest BCUT2D eigenvalue weighted by atomic mass is 10.4. The van der Waals surface area contributed by atoms with Gasteiger partial charge in [-0.2, -0.15) is 0 Å². The second-order valence-corrected chi connectivity index (χ2v) is 3.06. The van der Waals surface area contributed by atoms with Crippen molar-refractivity contribution >= 4 is 0 Å². The summed E-state index contributed by atoms with van der Waals surface area (Å²) in [7, 11) is 2.07. The van der Waals surface area contributed by atoms with E-state index in [1.165, 1.54) is 6.39 Å². The highest BCUT2D eigenvalue weighted by atomic mass is 16.3. The molecule has 0 aliphatic heterocycles. The topological polar surface area (TPSA) is 41.3 Å². The molecule has 0 saturated carbocycles. The van der Waals surface area contributed by atoms with E-state index in [4.69, 9.17) is 4.42 Å². The second kappa shape index (κ2) is 5.72. The third-order valence-corrected chi connectivity index (χ3v) is 1.83. The molecule has 0 unspecified atom stereocenters. The molecule has 1 N–H and O–H groups in total. The summed E-state index contributed by atoms with van der Waals surface area (Å²) in [6.07, 6.45) is 3.22. The maximum Gasteiger partial charge on any atom is 0.180 e. The molecule has 1 heterocycles. The van der Waals surface area contributed by atoms with Crippen LogP contribution in [0.3, 0.4) is 0 Å². The van der Waals surface area contributed by atoms with E-state index < -0.39 is 0 Å². The molecule has 0 bridgehead atoms. The third kappa shape index (κ3) is 4.05. The molecular formula is C9H17N3O. The zero-order chi connectivity index (χ0) is 9.52. The maximum atomic E-state index is 5.14. The Morgan fingerprint density at radius 3 is 3.08 bits per heavy atom. The monoisotopic (exact) mass is 183 g/mol. The van der Waals surface area contributed by atoms with Crippen molar-refractivity contribution in [2.75, 3.05) is 26.7 Å². The van der Waals surface area contributed by atoms with Crippen molar-refractivity contribution in [1.82, 2.24) is 15.2 Å². The van der Waals surface area contributed by atoms with Crippen molar-refractivity contribution in [3.8, 4) is 0 Å². The van der Waals surface area contributed by atoms with Crippen molar-refractivity contribution in [3.05, 3.63) is 18.4 Å². The van der Waals surface area contributed by atoms with Gasteiger partial charge >= 0.3 is 0 Å². The fourth-order valence-electron chi connectivity index (χ4n) is 1.11. The average Bonchev–Trinajstić information content (AvgIpc) is 2.57. The minimum absolute atomic E-state index is 0.825. The van der Waals surface area contributed by atoms with Crippen molar-refractivity contribution < 1.29 is 4.42 Å². The van der Waals surface area contributed by atoms with Gasteiger partial charge in [0.2, 0.25) is 0 Å². The fraction of sp³-hybridized carbons (Fsp3) is 0.667. The normalized spacial score (nSPS) is 11.0. The number of nitrogens with one attached hydrogen (secondary N) is 1. The number of nitrogens with zero attached hydrogens (tertiary/aromatic N) is 2. The summed E-state index contributed by atoms with van der Waals surface area (Å²) in [5.74, 6) is 0.916. The van der Waals surface area contributed by atoms with E-state index >= 15 is 0 Å². The van der Waals surface area contributed by atoms with Gasteiger partial charge in [0, 0.05) is 13.1 Å². The van der Waals surface area contributed by atoms with Crippen LogP contribution >= 0.6 is 0 Å². The lowest BCUT2D eigenvalue weighted by Gasteiger charge is -2.14. The van der Waals surface area contributed by atoms with E-state index in [9.17, 15) is 0 Å². The summed E-state index contributed by atoms with van der Waals surface area (Å²) >= 11 is 0. The van der Waals surface area contributed by atoms with Gasteiger partial charge < -0.3 is 9.73 Å². The summed E-state index contributed by atoms with van der Waals surface area (Å²) in [6.45, 7) is 5.99. The van der Waals surface area contributed by atoms with Gasteiger partial charge in [-0.3, -0.25) is 4.90 Å². The molecule has 74 valence electrons. The molecule has 0 amide bonds. The Balaban J connectivity index is 2.14. The lowest BCUT2D eigenvalue weighted by molar-refractivity contribution is 0.294. The SMILES string of the molecule is CCNCCN(C)Cc1cnco1. The molecule has 1 aromatic rings. The largest absolute Gasteiger partial charge is 0.447 e. The van der Waals surface area contributed by atoms with Crippen LogP contribution in [0, 0.1) is 0 Å². The Kier molecular flexibility index (Phi) is 4.49. The Morgan fingerprint density at radius 2 is 2.46 bits per heavy atom. The second-order valence-electron chi connectivity index (χ2n) is 3.06. The molecule has 4 heteroatoms. The van der Waals surface area contributed by atoms with Crippen LogP contribution in [0.4, 0.5) is 0 Å². The highest BCUT2D eigenvalue weighted by Gasteiger charge is 2.01. The minimum Gasteiger partial charge on any atom is -0.447 e. The van der Waals surface area contributed by atoms with Gasteiger partial charge in [-0.15, -0.1) is 0 Å². The number of hydrogen-bond donors (Lipinski definition) is 1. The third-order valence-electron chi connectivity index (χ3n) is 1.83. The zero-order valence-corrected chi connectivity index (χ0v) is 8.29. The minimum atomic E-state index is 0.825. The first-order valence-corrected chi connectivity index (χ1v) is 4.59. The number of aromatic nitrogens is 1. The van der Waals surface area contributed by atoms with Crippen molar-refractivity contribution in [3.63, 3.8) is 0 Å². The molecule has 13 heavy (non-hydrogen) atoms. The molecule has 0 radical (unpaired) electrons. The number of oxazole rings is 1. The molecule has 0 aliphatic carbocycles. The van der Waals surface area contributed by atoms with Crippen LogP contribution in [0.25, 0.3) is 0 Å². The van der Waals surface area contributed by atoms with E-state index in [2.05, 4.69) is 29.2 Å². The summed E-state index contributed by atoms with van der Waals surface area (Å²) < 4.78 is 5.14. The van der Waals surface area contributed by atoms with Gasteiger partial charge in [0.25, 0.3) is 0 Å². The van der Waals surface area contributed by atoms with Crippen LogP contribution in [0.15, 0.2) is 17.0 Å². The molecule has 1 rings (SSSR count). The zero-order valence-electron chi connectivity index (χ0n) is 8.29. The average molecular weight is 183 g/mol. The predicted octanol–water partition coefficient (Wildman–Crippen LogP) is 0.716. The predicted molar refractivity (Wildman–Crippen MR) is 51.4 cm³/mol. The Labute approximate surface area is 78.9 Å². The van der Waals surface area contributed by atoms with Gasteiger partial charge in [-0.05, 0) is 13.6 Å². The molecular weight excluding hydrogens is 166 g/mol. The summed E-state index contributed by atoms with van der Waals surface area (Å²) in [6, 6.07) is 0. The van der Waals surface area contributed by atoms with E-state index in [0.29, 0.717) is 0 Å². The van der Waals surface area contributed by atoms with Gasteiger partial charge in [-0.1, -0.05) is 6.92 Å². The van der Waals surface area contributed by atoms with E-state index in [1.54, 1.807) is 6.20 Å². The number of hydrogen-bond acceptors (Lipinski definition) is 4. The number of likely N-dealkylation sites (N-methyl/N-ethyl adjacent to an activating group) is 2. The van der Waals surface area contributed by atoms with Crippen molar-refractivity contribution in [1.29, 1.82) is 0 Å². The quantitative estimate of drug-likeness (QED) is 0.660. The van der Waals surface area contributed by atoms with Crippen LogP contribution in [0.2, 0.25) is 0 Å². The first-order valence-electron chi connectivity index (χ1n) is 4.59. The molecule has 0 saturated heterocycles. The van der Waals surface area contributed by atoms with Gasteiger partial charge in [0.15, 0.2) is 6.39 Å². The van der Waals surface area contributed by atoms with Crippen LogP contribution in [0.1, 0.15) is 12.7 Å². The van der Waals surface area contributed by atoms with Crippen LogP contribution < -0.4 is 5.32 Å². The fourth-order valence-corrected chi connectivity index (χ4v) is 1.11. The first-order chi connectivity index (χ1) is 6.33. The van der Waals surface area contributed by atoms with E-state index in [0.717, 1.165) is 31.9 Å². The van der Waals surface area contributed by atoms with E-state index in [1.807, 2.05) is 0 Å².